The van der Waals surface area contributed by atoms with Gasteiger partial charge in [-0.3, -0.25) is 10.1 Å². The van der Waals surface area contributed by atoms with E-state index in [9.17, 15) is 14.9 Å². The highest BCUT2D eigenvalue weighted by Gasteiger charge is 2.27. The fraction of sp³-hybridized carbons (Fsp3) is 0.545. The zero-order chi connectivity index (χ0) is 21.9. The van der Waals surface area contributed by atoms with Crippen molar-refractivity contribution in [3.8, 4) is 0 Å². The predicted octanol–water partition coefficient (Wildman–Crippen LogP) is 4.90. The van der Waals surface area contributed by atoms with Crippen LogP contribution in [0.5, 0.6) is 0 Å². The monoisotopic (exact) mass is 414 g/mol. The highest BCUT2D eigenvalue weighted by molar-refractivity contribution is 5.96. The summed E-state index contributed by atoms with van der Waals surface area (Å²) >= 11 is 0. The van der Waals surface area contributed by atoms with Gasteiger partial charge in [-0.1, -0.05) is 12.1 Å². The number of carbonyl (C=O) groups excluding carboxylic acids is 1. The highest BCUT2D eigenvalue weighted by atomic mass is 16.6. The van der Waals surface area contributed by atoms with Crippen LogP contribution in [0.15, 0.2) is 24.4 Å². The first kappa shape index (κ1) is 21.8. The van der Waals surface area contributed by atoms with Gasteiger partial charge in [-0.15, -0.1) is 0 Å². The molecular weight excluding hydrogens is 384 g/mol. The number of ether oxygens (including phenoxy) is 1. The molecular formula is C22H30N4O4. The molecule has 0 atom stereocenters. The van der Waals surface area contributed by atoms with Crippen LogP contribution in [0.3, 0.4) is 0 Å². The van der Waals surface area contributed by atoms with Crippen molar-refractivity contribution in [2.45, 2.75) is 52.6 Å². The topological polar surface area (TPSA) is 97.6 Å². The number of fused-ring (bicyclic) bond motifs is 1. The molecule has 0 aliphatic carbocycles. The van der Waals surface area contributed by atoms with E-state index in [4.69, 9.17) is 4.74 Å². The first-order valence-corrected chi connectivity index (χ1v) is 10.4. The van der Waals surface area contributed by atoms with Crippen LogP contribution in [-0.4, -0.2) is 46.1 Å². The number of piperidine rings is 1. The molecule has 8 nitrogen and oxygen atoms in total. The zero-order valence-electron chi connectivity index (χ0n) is 18.1. The molecule has 1 N–H and O–H groups in total. The van der Waals surface area contributed by atoms with E-state index in [2.05, 4.69) is 10.3 Å². The van der Waals surface area contributed by atoms with Crippen molar-refractivity contribution in [1.82, 2.24) is 9.88 Å². The first-order chi connectivity index (χ1) is 14.1. The summed E-state index contributed by atoms with van der Waals surface area (Å²) in [4.78, 5) is 29.3. The number of aromatic nitrogens is 1. The summed E-state index contributed by atoms with van der Waals surface area (Å²) in [5.41, 5.74) is 1.83. The Kier molecular flexibility index (Phi) is 6.43. The Morgan fingerprint density at radius 1 is 1.33 bits per heavy atom. The van der Waals surface area contributed by atoms with E-state index in [1.54, 1.807) is 4.90 Å². The summed E-state index contributed by atoms with van der Waals surface area (Å²) in [6, 6.07) is 5.74. The van der Waals surface area contributed by atoms with Crippen LogP contribution in [0.25, 0.3) is 10.9 Å². The summed E-state index contributed by atoms with van der Waals surface area (Å²) in [5, 5.41) is 15.5. The lowest BCUT2D eigenvalue weighted by Gasteiger charge is -2.33. The smallest absolute Gasteiger partial charge is 0.410 e. The van der Waals surface area contributed by atoms with Crippen molar-refractivity contribution >= 4 is 28.4 Å². The van der Waals surface area contributed by atoms with Gasteiger partial charge in [0.05, 0.1) is 10.4 Å². The van der Waals surface area contributed by atoms with E-state index >= 15 is 0 Å². The van der Waals surface area contributed by atoms with Gasteiger partial charge in [-0.25, -0.2) is 9.78 Å². The van der Waals surface area contributed by atoms with E-state index in [0.29, 0.717) is 31.2 Å². The fourth-order valence-electron chi connectivity index (χ4n) is 3.75. The van der Waals surface area contributed by atoms with Gasteiger partial charge < -0.3 is 15.0 Å². The lowest BCUT2D eigenvalue weighted by molar-refractivity contribution is -0.384. The maximum absolute atomic E-state index is 12.2. The van der Waals surface area contributed by atoms with Crippen molar-refractivity contribution in [2.75, 3.05) is 25.0 Å². The van der Waals surface area contributed by atoms with Crippen LogP contribution in [0.1, 0.15) is 45.6 Å². The van der Waals surface area contributed by atoms with Crippen LogP contribution >= 0.6 is 0 Å². The van der Waals surface area contributed by atoms with Crippen LogP contribution in [0.4, 0.5) is 16.2 Å². The molecule has 3 rings (SSSR count). The number of anilines is 1. The number of benzene rings is 1. The Labute approximate surface area is 176 Å². The maximum Gasteiger partial charge on any atom is 0.410 e. The number of carbonyl (C=O) groups is 1. The average molecular weight is 415 g/mol. The Morgan fingerprint density at radius 3 is 2.67 bits per heavy atom. The van der Waals surface area contributed by atoms with Crippen molar-refractivity contribution in [3.63, 3.8) is 0 Å². The number of nitro groups is 1. The third-order valence-electron chi connectivity index (χ3n) is 5.32. The van der Waals surface area contributed by atoms with Gasteiger partial charge in [-0.05, 0) is 64.5 Å². The van der Waals surface area contributed by atoms with Gasteiger partial charge in [0.25, 0.3) is 0 Å². The molecule has 1 fully saturated rings. The Balaban J connectivity index is 1.58. The van der Waals surface area contributed by atoms with E-state index in [1.165, 1.54) is 6.20 Å². The molecule has 0 radical (unpaired) electrons. The van der Waals surface area contributed by atoms with Crippen molar-refractivity contribution in [3.05, 3.63) is 40.1 Å². The number of amides is 1. The molecule has 0 saturated carbocycles. The quantitative estimate of drug-likeness (QED) is 0.552. The summed E-state index contributed by atoms with van der Waals surface area (Å²) in [5.74, 6) is 0.464. The minimum Gasteiger partial charge on any atom is -0.444 e. The molecule has 1 aromatic heterocycles. The van der Waals surface area contributed by atoms with E-state index in [1.807, 2.05) is 45.9 Å². The lowest BCUT2D eigenvalue weighted by atomic mass is 9.93. The fourth-order valence-corrected chi connectivity index (χ4v) is 3.75. The number of rotatable bonds is 5. The summed E-state index contributed by atoms with van der Waals surface area (Å²) in [7, 11) is 0. The Hall–Kier alpha value is -2.90. The summed E-state index contributed by atoms with van der Waals surface area (Å²) < 4.78 is 5.44. The molecule has 2 heterocycles. The van der Waals surface area contributed by atoms with E-state index in [0.717, 1.165) is 35.7 Å². The predicted molar refractivity (Wildman–Crippen MR) is 117 cm³/mol. The molecule has 1 saturated heterocycles. The second kappa shape index (κ2) is 8.85. The van der Waals surface area contributed by atoms with Crippen LogP contribution in [0.2, 0.25) is 0 Å². The molecule has 162 valence electrons. The number of hydrogen-bond acceptors (Lipinski definition) is 6. The summed E-state index contributed by atoms with van der Waals surface area (Å²) in [6.45, 7) is 9.56. The molecule has 1 amide bonds. The molecule has 0 bridgehead atoms. The number of pyridine rings is 1. The normalized spacial score (nSPS) is 15.3. The van der Waals surface area contributed by atoms with Gasteiger partial charge >= 0.3 is 11.8 Å². The largest absolute Gasteiger partial charge is 0.444 e. The molecule has 1 aliphatic heterocycles. The van der Waals surface area contributed by atoms with Crippen LogP contribution in [-0.2, 0) is 4.74 Å². The highest BCUT2D eigenvalue weighted by Crippen LogP contribution is 2.32. The van der Waals surface area contributed by atoms with Gasteiger partial charge in [0, 0.05) is 25.0 Å². The summed E-state index contributed by atoms with van der Waals surface area (Å²) in [6.07, 6.45) is 3.75. The van der Waals surface area contributed by atoms with Gasteiger partial charge in [-0.2, -0.15) is 0 Å². The molecule has 0 unspecified atom stereocenters. The molecule has 30 heavy (non-hydrogen) atoms. The van der Waals surface area contributed by atoms with E-state index in [-0.39, 0.29) is 11.8 Å². The van der Waals surface area contributed by atoms with Crippen LogP contribution < -0.4 is 5.32 Å². The molecule has 1 aliphatic rings. The van der Waals surface area contributed by atoms with E-state index < -0.39 is 10.5 Å². The number of likely N-dealkylation sites (tertiary alicyclic amines) is 1. The third kappa shape index (κ3) is 5.37. The van der Waals surface area contributed by atoms with Gasteiger partial charge in [0.1, 0.15) is 17.5 Å². The lowest BCUT2D eigenvalue weighted by Crippen LogP contribution is -2.41. The van der Waals surface area contributed by atoms with Crippen molar-refractivity contribution < 1.29 is 14.5 Å². The minimum absolute atomic E-state index is 0.00824. The average Bonchev–Trinajstić information content (AvgIpc) is 2.66. The molecule has 0 spiro atoms. The second-order valence-electron chi connectivity index (χ2n) is 8.92. The maximum atomic E-state index is 12.2. The van der Waals surface area contributed by atoms with Crippen molar-refractivity contribution in [1.29, 1.82) is 0 Å². The zero-order valence-corrected chi connectivity index (χ0v) is 18.1. The van der Waals surface area contributed by atoms with Gasteiger partial charge in [0.15, 0.2) is 0 Å². The molecule has 1 aromatic carbocycles. The Morgan fingerprint density at radius 2 is 2.03 bits per heavy atom. The molecule has 8 heteroatoms. The standard InChI is InChI=1S/C22H30N4O4/c1-15-5-6-17-18(13-15)24-14-19(26(28)29)20(17)23-10-7-16-8-11-25(12-9-16)21(27)30-22(2,3)4/h5-6,13-14,16H,7-12H2,1-4H3,(H,23,24). The number of aryl methyl sites for hydroxylation is 1. The minimum atomic E-state index is -0.488. The first-order valence-electron chi connectivity index (χ1n) is 10.4. The second-order valence-corrected chi connectivity index (χ2v) is 8.92. The third-order valence-corrected chi connectivity index (χ3v) is 5.32. The van der Waals surface area contributed by atoms with Gasteiger partial charge in [0.2, 0.25) is 0 Å². The van der Waals surface area contributed by atoms with Crippen LogP contribution in [0, 0.1) is 23.0 Å². The number of nitrogens with zero attached hydrogens (tertiary/aromatic N) is 3. The van der Waals surface area contributed by atoms with Crippen molar-refractivity contribution in [2.24, 2.45) is 5.92 Å². The number of hydrogen-bond donors (Lipinski definition) is 1. The molecule has 2 aromatic rings. The SMILES string of the molecule is Cc1ccc2c(NCCC3CCN(C(=O)OC(C)(C)C)CC3)c([N+](=O)[O-])cnc2c1. The number of nitrogens with one attached hydrogen (secondary N) is 1. The Bertz CT molecular complexity index is 931.